The highest BCUT2D eigenvalue weighted by Gasteiger charge is 2.52. The summed E-state index contributed by atoms with van der Waals surface area (Å²) >= 11 is 0. The van der Waals surface area contributed by atoms with Gasteiger partial charge in [-0.05, 0) is 37.7 Å². The normalized spacial score (nSPS) is 22.0. The summed E-state index contributed by atoms with van der Waals surface area (Å²) in [6, 6.07) is 4.17. The molecule has 1 aromatic carbocycles. The maximum Gasteiger partial charge on any atom is 0.344 e. The molecule has 1 aliphatic carbocycles. The Kier molecular flexibility index (Phi) is 6.89. The smallest absolute Gasteiger partial charge is 0.344 e. The molecule has 176 valence electrons. The topological polar surface area (TPSA) is 177 Å². The molecule has 1 aliphatic heterocycles. The van der Waals surface area contributed by atoms with Gasteiger partial charge in [-0.2, -0.15) is 5.01 Å². The number of carbonyl (C=O) groups excluding carboxylic acids is 5. The average Bonchev–Trinajstić information content (AvgIpc) is 3.02. The minimum Gasteiger partial charge on any atom is -0.454 e. The molecule has 1 saturated carbocycles. The van der Waals surface area contributed by atoms with Gasteiger partial charge in [-0.3, -0.25) is 34.7 Å². The number of urea groups is 1. The standard InChI is InChI=1S/C20H23N5O8/c1-12-5-7-20(8-6-12)18(29)24(19(30)22-20)23-15(26)11-33-16(27)10-21-17(28)13-3-2-4-14(9-13)25(31)32/h2-4,9,12H,5-8,10-11H2,1H3,(H,21,28)(H,22,30)(H,23,26). The van der Waals surface area contributed by atoms with Crippen LogP contribution in [0.3, 0.4) is 0 Å². The van der Waals surface area contributed by atoms with Gasteiger partial charge in [0.2, 0.25) is 0 Å². The largest absolute Gasteiger partial charge is 0.454 e. The van der Waals surface area contributed by atoms with E-state index < -0.39 is 53.3 Å². The third-order valence-electron chi connectivity index (χ3n) is 5.60. The van der Waals surface area contributed by atoms with Crippen LogP contribution in [0.15, 0.2) is 24.3 Å². The number of non-ortho nitro benzene ring substituents is 1. The van der Waals surface area contributed by atoms with Crippen molar-refractivity contribution in [2.45, 2.75) is 38.1 Å². The number of nitro benzene ring substituents is 1. The number of benzene rings is 1. The summed E-state index contributed by atoms with van der Waals surface area (Å²) in [5.74, 6) is -2.72. The number of ether oxygens (including phenoxy) is 1. The Bertz CT molecular complexity index is 1000. The summed E-state index contributed by atoms with van der Waals surface area (Å²) in [6.07, 6.45) is 2.50. The first kappa shape index (κ1) is 23.6. The van der Waals surface area contributed by atoms with E-state index in [0.717, 1.165) is 18.9 Å². The van der Waals surface area contributed by atoms with Gasteiger partial charge in [0.15, 0.2) is 6.61 Å². The first-order valence-electron chi connectivity index (χ1n) is 10.3. The summed E-state index contributed by atoms with van der Waals surface area (Å²) < 4.78 is 4.74. The monoisotopic (exact) mass is 461 g/mol. The van der Waals surface area contributed by atoms with E-state index in [-0.39, 0.29) is 11.3 Å². The predicted octanol–water partition coefficient (Wildman–Crippen LogP) is 0.400. The van der Waals surface area contributed by atoms with Gasteiger partial charge < -0.3 is 15.4 Å². The highest BCUT2D eigenvalue weighted by atomic mass is 16.6. The molecular formula is C20H23N5O8. The van der Waals surface area contributed by atoms with Crippen LogP contribution in [0.4, 0.5) is 10.5 Å². The molecule has 1 heterocycles. The van der Waals surface area contributed by atoms with Crippen LogP contribution in [0.25, 0.3) is 0 Å². The number of imide groups is 1. The fourth-order valence-corrected chi connectivity index (χ4v) is 3.68. The van der Waals surface area contributed by atoms with Gasteiger partial charge in [0.25, 0.3) is 23.4 Å². The minimum absolute atomic E-state index is 0.0284. The number of rotatable bonds is 7. The molecule has 3 rings (SSSR count). The van der Waals surface area contributed by atoms with Gasteiger partial charge in [-0.1, -0.05) is 13.0 Å². The Balaban J connectivity index is 1.44. The SMILES string of the molecule is CC1CCC2(CC1)NC(=O)N(NC(=O)COC(=O)CNC(=O)c1cccc([N+](=O)[O-])c1)C2=O. The minimum atomic E-state index is -1.02. The number of nitro groups is 1. The molecule has 5 amide bonds. The average molecular weight is 461 g/mol. The maximum atomic E-state index is 12.7. The Morgan fingerprint density at radius 2 is 1.97 bits per heavy atom. The first-order chi connectivity index (χ1) is 15.6. The van der Waals surface area contributed by atoms with Gasteiger partial charge in [0, 0.05) is 17.7 Å². The lowest BCUT2D eigenvalue weighted by molar-refractivity contribution is -0.384. The fraction of sp³-hybridized carbons (Fsp3) is 0.450. The summed E-state index contributed by atoms with van der Waals surface area (Å²) in [6.45, 7) is 0.681. The highest BCUT2D eigenvalue weighted by molar-refractivity contribution is 6.08. The van der Waals surface area contributed by atoms with Crippen LogP contribution in [0.2, 0.25) is 0 Å². The van der Waals surface area contributed by atoms with E-state index in [2.05, 4.69) is 23.0 Å². The van der Waals surface area contributed by atoms with Gasteiger partial charge in [-0.25, -0.2) is 4.79 Å². The zero-order valence-electron chi connectivity index (χ0n) is 17.8. The van der Waals surface area contributed by atoms with Crippen molar-refractivity contribution in [2.24, 2.45) is 5.92 Å². The molecule has 33 heavy (non-hydrogen) atoms. The molecule has 0 unspecified atom stereocenters. The van der Waals surface area contributed by atoms with Crippen molar-refractivity contribution in [3.8, 4) is 0 Å². The van der Waals surface area contributed by atoms with Gasteiger partial charge in [-0.15, -0.1) is 0 Å². The van der Waals surface area contributed by atoms with Gasteiger partial charge in [0.1, 0.15) is 12.1 Å². The number of nitrogens with zero attached hydrogens (tertiary/aromatic N) is 2. The van der Waals surface area contributed by atoms with Crippen LogP contribution >= 0.6 is 0 Å². The van der Waals surface area contributed by atoms with E-state index >= 15 is 0 Å². The number of carbonyl (C=O) groups is 5. The molecule has 13 heteroatoms. The van der Waals surface area contributed by atoms with E-state index in [9.17, 15) is 34.1 Å². The molecule has 1 spiro atoms. The second-order valence-electron chi connectivity index (χ2n) is 8.02. The summed E-state index contributed by atoms with van der Waals surface area (Å²) in [5, 5.41) is 16.2. The first-order valence-corrected chi connectivity index (χ1v) is 10.3. The number of hydrogen-bond acceptors (Lipinski definition) is 8. The van der Waals surface area contributed by atoms with Crippen LogP contribution < -0.4 is 16.1 Å². The Hall–Kier alpha value is -4.03. The van der Waals surface area contributed by atoms with Crippen molar-refractivity contribution in [2.75, 3.05) is 13.2 Å². The van der Waals surface area contributed by atoms with E-state index in [0.29, 0.717) is 23.8 Å². The van der Waals surface area contributed by atoms with E-state index in [4.69, 9.17) is 4.74 Å². The van der Waals surface area contributed by atoms with Crippen molar-refractivity contribution in [3.05, 3.63) is 39.9 Å². The van der Waals surface area contributed by atoms with Crippen LogP contribution in [-0.4, -0.2) is 58.3 Å². The van der Waals surface area contributed by atoms with Crippen LogP contribution in [0, 0.1) is 16.0 Å². The maximum absolute atomic E-state index is 12.7. The third-order valence-corrected chi connectivity index (χ3v) is 5.60. The number of esters is 1. The second kappa shape index (κ2) is 9.63. The molecule has 2 fully saturated rings. The zero-order valence-corrected chi connectivity index (χ0v) is 17.8. The Morgan fingerprint density at radius 3 is 2.64 bits per heavy atom. The van der Waals surface area contributed by atoms with Crippen LogP contribution in [0.1, 0.15) is 43.0 Å². The predicted molar refractivity (Wildman–Crippen MR) is 110 cm³/mol. The summed E-state index contributed by atoms with van der Waals surface area (Å²) in [4.78, 5) is 70.9. The Labute approximate surface area is 187 Å². The lowest BCUT2D eigenvalue weighted by Crippen LogP contribution is -2.52. The Morgan fingerprint density at radius 1 is 1.27 bits per heavy atom. The molecule has 0 radical (unpaired) electrons. The molecule has 0 atom stereocenters. The number of nitrogens with one attached hydrogen (secondary N) is 3. The third kappa shape index (κ3) is 5.42. The van der Waals surface area contributed by atoms with E-state index in [1.807, 2.05) is 0 Å². The van der Waals surface area contributed by atoms with Crippen molar-refractivity contribution < 1.29 is 33.6 Å². The van der Waals surface area contributed by atoms with Crippen molar-refractivity contribution in [1.29, 1.82) is 0 Å². The number of hydrazine groups is 1. The lowest BCUT2D eigenvalue weighted by atomic mass is 9.77. The fourth-order valence-electron chi connectivity index (χ4n) is 3.68. The zero-order chi connectivity index (χ0) is 24.2. The van der Waals surface area contributed by atoms with Crippen molar-refractivity contribution >= 4 is 35.4 Å². The van der Waals surface area contributed by atoms with E-state index in [1.54, 1.807) is 0 Å². The second-order valence-corrected chi connectivity index (χ2v) is 8.02. The number of amides is 5. The molecule has 3 N–H and O–H groups in total. The molecule has 13 nitrogen and oxygen atoms in total. The molecule has 2 aliphatic rings. The summed E-state index contributed by atoms with van der Waals surface area (Å²) in [7, 11) is 0. The molecule has 1 aromatic rings. The molecule has 0 aromatic heterocycles. The molecule has 1 saturated heterocycles. The van der Waals surface area contributed by atoms with Gasteiger partial charge in [0.05, 0.1) is 4.92 Å². The molecular weight excluding hydrogens is 438 g/mol. The van der Waals surface area contributed by atoms with Crippen LogP contribution in [-0.2, 0) is 19.1 Å². The van der Waals surface area contributed by atoms with Crippen LogP contribution in [0.5, 0.6) is 0 Å². The lowest BCUT2D eigenvalue weighted by Gasteiger charge is -2.33. The molecule has 0 bridgehead atoms. The van der Waals surface area contributed by atoms with Gasteiger partial charge >= 0.3 is 12.0 Å². The quantitative estimate of drug-likeness (QED) is 0.226. The van der Waals surface area contributed by atoms with Crippen molar-refractivity contribution in [1.82, 2.24) is 21.1 Å². The van der Waals surface area contributed by atoms with Crippen molar-refractivity contribution in [3.63, 3.8) is 0 Å². The van der Waals surface area contributed by atoms with E-state index in [1.165, 1.54) is 18.2 Å². The number of hydrogen-bond donors (Lipinski definition) is 3. The highest BCUT2D eigenvalue weighted by Crippen LogP contribution is 2.35. The summed E-state index contributed by atoms with van der Waals surface area (Å²) in [5.41, 5.74) is 0.791.